The summed E-state index contributed by atoms with van der Waals surface area (Å²) >= 11 is 0. The summed E-state index contributed by atoms with van der Waals surface area (Å²) in [6.45, 7) is 6.50. The zero-order valence-electron chi connectivity index (χ0n) is 9.80. The number of ether oxygens (including phenoxy) is 1. The minimum absolute atomic E-state index is 0.869. The first kappa shape index (κ1) is 12.0. The van der Waals surface area contributed by atoms with E-state index in [1.54, 1.807) is 0 Å². The van der Waals surface area contributed by atoms with Crippen LogP contribution in [-0.2, 0) is 4.74 Å². The molecule has 1 rings (SSSR count). The highest BCUT2D eigenvalue weighted by Crippen LogP contribution is 2.21. The third-order valence-corrected chi connectivity index (χ3v) is 3.19. The zero-order valence-corrected chi connectivity index (χ0v) is 9.80. The predicted molar refractivity (Wildman–Crippen MR) is 60.6 cm³/mol. The van der Waals surface area contributed by atoms with Crippen LogP contribution in [0.1, 0.15) is 39.0 Å². The molecule has 0 spiro atoms. The van der Waals surface area contributed by atoms with Gasteiger partial charge in [-0.05, 0) is 52.2 Å². The highest BCUT2D eigenvalue weighted by molar-refractivity contribution is 4.69. The smallest absolute Gasteiger partial charge is 0.0465 e. The van der Waals surface area contributed by atoms with Crippen LogP contribution in [0.4, 0.5) is 0 Å². The van der Waals surface area contributed by atoms with Crippen LogP contribution in [0, 0.1) is 5.92 Å². The molecule has 0 bridgehead atoms. The van der Waals surface area contributed by atoms with E-state index >= 15 is 0 Å². The van der Waals surface area contributed by atoms with Gasteiger partial charge < -0.3 is 9.64 Å². The van der Waals surface area contributed by atoms with Gasteiger partial charge in [-0.25, -0.2) is 0 Å². The minimum Gasteiger partial charge on any atom is -0.382 e. The number of unbranched alkanes of at least 4 members (excludes halogenated alkanes) is 1. The number of hydrogen-bond acceptors (Lipinski definition) is 2. The van der Waals surface area contributed by atoms with Crippen LogP contribution in [-0.4, -0.2) is 38.3 Å². The summed E-state index contributed by atoms with van der Waals surface area (Å²) in [4.78, 5) is 2.44. The van der Waals surface area contributed by atoms with Gasteiger partial charge in [0.25, 0.3) is 0 Å². The van der Waals surface area contributed by atoms with Crippen LogP contribution in [0.2, 0.25) is 0 Å². The summed E-state index contributed by atoms with van der Waals surface area (Å²) in [6, 6.07) is 0. The van der Waals surface area contributed by atoms with Crippen molar-refractivity contribution in [3.05, 3.63) is 0 Å². The fraction of sp³-hybridized carbons (Fsp3) is 1.00. The topological polar surface area (TPSA) is 12.5 Å². The van der Waals surface area contributed by atoms with Crippen molar-refractivity contribution < 1.29 is 4.74 Å². The van der Waals surface area contributed by atoms with E-state index in [2.05, 4.69) is 18.9 Å². The van der Waals surface area contributed by atoms with Crippen LogP contribution in [0.5, 0.6) is 0 Å². The quantitative estimate of drug-likeness (QED) is 0.610. The molecule has 0 N–H and O–H groups in total. The summed E-state index contributed by atoms with van der Waals surface area (Å²) < 4.78 is 5.33. The lowest BCUT2D eigenvalue weighted by atomic mass is 9.92. The molecule has 1 aliphatic heterocycles. The second-order valence-corrected chi connectivity index (χ2v) is 4.44. The Morgan fingerprint density at radius 1 is 1.21 bits per heavy atom. The molecular formula is C12H25NO. The Morgan fingerprint density at radius 3 is 2.57 bits per heavy atom. The van der Waals surface area contributed by atoms with Gasteiger partial charge in [0.15, 0.2) is 0 Å². The van der Waals surface area contributed by atoms with Gasteiger partial charge in [0, 0.05) is 13.2 Å². The third-order valence-electron chi connectivity index (χ3n) is 3.19. The molecule has 14 heavy (non-hydrogen) atoms. The van der Waals surface area contributed by atoms with Gasteiger partial charge in [0.1, 0.15) is 0 Å². The Bertz CT molecular complexity index is 130. The molecule has 1 fully saturated rings. The fourth-order valence-corrected chi connectivity index (χ4v) is 2.13. The van der Waals surface area contributed by atoms with E-state index in [1.807, 2.05) is 0 Å². The summed E-state index contributed by atoms with van der Waals surface area (Å²) in [5.41, 5.74) is 0. The minimum atomic E-state index is 0.869. The standard InChI is InChI=1S/C12H25NO/c1-3-14-11-5-4-6-12-7-9-13(2)10-8-12/h12H,3-11H2,1-2H3. The molecule has 0 radical (unpaired) electrons. The van der Waals surface area contributed by atoms with Crippen molar-refractivity contribution in [3.8, 4) is 0 Å². The average molecular weight is 199 g/mol. The van der Waals surface area contributed by atoms with Crippen LogP contribution in [0.3, 0.4) is 0 Å². The number of piperidine rings is 1. The molecule has 0 aromatic rings. The maximum Gasteiger partial charge on any atom is 0.0465 e. The average Bonchev–Trinajstić information content (AvgIpc) is 2.21. The monoisotopic (exact) mass is 199 g/mol. The maximum absolute atomic E-state index is 5.33. The molecule has 0 aromatic heterocycles. The van der Waals surface area contributed by atoms with Crippen molar-refractivity contribution in [2.75, 3.05) is 33.4 Å². The first-order valence-corrected chi connectivity index (χ1v) is 6.09. The van der Waals surface area contributed by atoms with E-state index in [9.17, 15) is 0 Å². The zero-order chi connectivity index (χ0) is 10.2. The van der Waals surface area contributed by atoms with Gasteiger partial charge in [-0.2, -0.15) is 0 Å². The molecule has 2 nitrogen and oxygen atoms in total. The normalized spacial score (nSPS) is 20.1. The Hall–Kier alpha value is -0.0800. The van der Waals surface area contributed by atoms with Gasteiger partial charge in [0.2, 0.25) is 0 Å². The molecule has 84 valence electrons. The van der Waals surface area contributed by atoms with Gasteiger partial charge in [-0.15, -0.1) is 0 Å². The molecule has 1 heterocycles. The molecule has 2 heteroatoms. The second-order valence-electron chi connectivity index (χ2n) is 4.44. The van der Waals surface area contributed by atoms with Crippen LogP contribution >= 0.6 is 0 Å². The van der Waals surface area contributed by atoms with Crippen molar-refractivity contribution in [2.24, 2.45) is 5.92 Å². The second kappa shape index (κ2) is 7.24. The third kappa shape index (κ3) is 4.97. The van der Waals surface area contributed by atoms with Crippen LogP contribution < -0.4 is 0 Å². The van der Waals surface area contributed by atoms with Gasteiger partial charge in [0.05, 0.1) is 0 Å². The van der Waals surface area contributed by atoms with Gasteiger partial charge >= 0.3 is 0 Å². The van der Waals surface area contributed by atoms with E-state index in [0.717, 1.165) is 19.1 Å². The lowest BCUT2D eigenvalue weighted by Gasteiger charge is -2.28. The Labute approximate surface area is 88.6 Å². The lowest BCUT2D eigenvalue weighted by Crippen LogP contribution is -2.30. The number of hydrogen-bond donors (Lipinski definition) is 0. The fourth-order valence-electron chi connectivity index (χ4n) is 2.13. The largest absolute Gasteiger partial charge is 0.382 e. The lowest BCUT2D eigenvalue weighted by molar-refractivity contribution is 0.139. The summed E-state index contributed by atoms with van der Waals surface area (Å²) in [5, 5.41) is 0. The summed E-state index contributed by atoms with van der Waals surface area (Å²) in [7, 11) is 2.23. The summed E-state index contributed by atoms with van der Waals surface area (Å²) in [5.74, 6) is 0.993. The highest BCUT2D eigenvalue weighted by Gasteiger charge is 2.15. The predicted octanol–water partition coefficient (Wildman–Crippen LogP) is 2.54. The molecule has 0 unspecified atom stereocenters. The highest BCUT2D eigenvalue weighted by atomic mass is 16.5. The summed E-state index contributed by atoms with van der Waals surface area (Å²) in [6.07, 6.45) is 6.84. The Balaban J connectivity index is 1.91. The van der Waals surface area contributed by atoms with Crippen LogP contribution in [0.25, 0.3) is 0 Å². The molecule has 0 aliphatic carbocycles. The molecule has 1 aliphatic rings. The Kier molecular flexibility index (Phi) is 6.20. The van der Waals surface area contributed by atoms with E-state index in [0.29, 0.717) is 0 Å². The molecular weight excluding hydrogens is 174 g/mol. The molecule has 1 saturated heterocycles. The van der Waals surface area contributed by atoms with Gasteiger partial charge in [-0.3, -0.25) is 0 Å². The van der Waals surface area contributed by atoms with Gasteiger partial charge in [-0.1, -0.05) is 12.8 Å². The molecule has 0 aromatic carbocycles. The van der Waals surface area contributed by atoms with E-state index in [4.69, 9.17) is 4.74 Å². The van der Waals surface area contributed by atoms with Crippen LogP contribution in [0.15, 0.2) is 0 Å². The molecule has 0 atom stereocenters. The molecule has 0 saturated carbocycles. The van der Waals surface area contributed by atoms with Crippen molar-refractivity contribution in [3.63, 3.8) is 0 Å². The number of nitrogens with zero attached hydrogens (tertiary/aromatic N) is 1. The number of rotatable bonds is 6. The SMILES string of the molecule is CCOCCCCC1CCN(C)CC1. The first-order chi connectivity index (χ1) is 6.83. The van der Waals surface area contributed by atoms with E-state index in [-0.39, 0.29) is 0 Å². The Morgan fingerprint density at radius 2 is 1.93 bits per heavy atom. The van der Waals surface area contributed by atoms with Crippen molar-refractivity contribution in [1.29, 1.82) is 0 Å². The van der Waals surface area contributed by atoms with Crippen molar-refractivity contribution in [2.45, 2.75) is 39.0 Å². The first-order valence-electron chi connectivity index (χ1n) is 6.09. The van der Waals surface area contributed by atoms with Crippen molar-refractivity contribution >= 4 is 0 Å². The van der Waals surface area contributed by atoms with E-state index < -0.39 is 0 Å². The number of likely N-dealkylation sites (tertiary alicyclic amines) is 1. The van der Waals surface area contributed by atoms with E-state index in [1.165, 1.54) is 45.2 Å². The molecule has 0 amide bonds. The maximum atomic E-state index is 5.33. The van der Waals surface area contributed by atoms with Crippen molar-refractivity contribution in [1.82, 2.24) is 4.90 Å².